The lowest BCUT2D eigenvalue weighted by molar-refractivity contribution is -0.125. The zero-order valence-electron chi connectivity index (χ0n) is 12.9. The van der Waals surface area contributed by atoms with E-state index in [-0.39, 0.29) is 5.91 Å². The average Bonchev–Trinajstić information content (AvgIpc) is 3.08. The largest absolute Gasteiger partial charge is 0.356 e. The van der Waals surface area contributed by atoms with Gasteiger partial charge in [0.05, 0.1) is 5.69 Å². The molecule has 1 spiro atoms. The van der Waals surface area contributed by atoms with Crippen LogP contribution in [-0.4, -0.2) is 29.4 Å². The molecular weight excluding hydrogens is 286 g/mol. The Balaban J connectivity index is 1.90. The third-order valence-corrected chi connectivity index (χ3v) is 5.34. The Morgan fingerprint density at radius 3 is 2.78 bits per heavy atom. The van der Waals surface area contributed by atoms with Crippen molar-refractivity contribution in [3.8, 4) is 0 Å². The zero-order chi connectivity index (χ0) is 15.6. The topological polar surface area (TPSA) is 48.1 Å². The van der Waals surface area contributed by atoms with Crippen molar-refractivity contribution in [3.05, 3.63) is 65.4 Å². The summed E-state index contributed by atoms with van der Waals surface area (Å²) in [5.74, 6) is 0.0358. The summed E-state index contributed by atoms with van der Waals surface area (Å²) < 4.78 is 0. The molecule has 114 valence electrons. The smallest absolute Gasteiger partial charge is 0.255 e. The standard InChI is InChI=1S/C19H17N3O/c1-22-11-10-13-12-6-2-4-8-15(12)20-17(13)19(22)14-7-3-5-9-16(14)21-18(19)23/h2-9,20H,10-11H2,1H3,(H,21,23). The van der Waals surface area contributed by atoms with Gasteiger partial charge in [0.2, 0.25) is 0 Å². The van der Waals surface area contributed by atoms with Crippen molar-refractivity contribution in [2.75, 3.05) is 18.9 Å². The molecule has 0 saturated heterocycles. The van der Waals surface area contributed by atoms with Crippen LogP contribution in [-0.2, 0) is 16.8 Å². The minimum absolute atomic E-state index is 0.0358. The maximum atomic E-state index is 13.1. The van der Waals surface area contributed by atoms with Crippen molar-refractivity contribution in [3.63, 3.8) is 0 Å². The number of para-hydroxylation sites is 2. The molecule has 0 saturated carbocycles. The molecule has 2 aliphatic heterocycles. The SMILES string of the molecule is CN1CCc2c([nH]c3ccccc23)C12C(=O)Nc1ccccc12. The lowest BCUT2D eigenvalue weighted by atomic mass is 9.80. The molecule has 1 atom stereocenters. The lowest BCUT2D eigenvalue weighted by Gasteiger charge is -2.40. The molecule has 4 heteroatoms. The number of carbonyl (C=O) groups is 1. The van der Waals surface area contributed by atoms with Crippen LogP contribution in [0.15, 0.2) is 48.5 Å². The maximum absolute atomic E-state index is 13.1. The molecule has 3 heterocycles. The first kappa shape index (κ1) is 12.9. The van der Waals surface area contributed by atoms with Crippen molar-refractivity contribution >= 4 is 22.5 Å². The van der Waals surface area contributed by atoms with E-state index in [9.17, 15) is 4.79 Å². The van der Waals surface area contributed by atoms with Crippen molar-refractivity contribution in [1.29, 1.82) is 0 Å². The Bertz CT molecular complexity index is 958. The summed E-state index contributed by atoms with van der Waals surface area (Å²) in [6.07, 6.45) is 0.951. The van der Waals surface area contributed by atoms with E-state index < -0.39 is 5.54 Å². The third kappa shape index (κ3) is 1.42. The molecule has 1 amide bonds. The molecule has 4 nitrogen and oxygen atoms in total. The first-order chi connectivity index (χ1) is 11.2. The predicted octanol–water partition coefficient (Wildman–Crippen LogP) is 2.85. The second kappa shape index (κ2) is 4.24. The van der Waals surface area contributed by atoms with Gasteiger partial charge in [-0.3, -0.25) is 9.69 Å². The Morgan fingerprint density at radius 2 is 1.87 bits per heavy atom. The number of likely N-dealkylation sites (N-methyl/N-ethyl adjacent to an activating group) is 1. The monoisotopic (exact) mass is 303 g/mol. The van der Waals surface area contributed by atoms with Gasteiger partial charge < -0.3 is 10.3 Å². The van der Waals surface area contributed by atoms with E-state index in [4.69, 9.17) is 0 Å². The number of hydrogen-bond donors (Lipinski definition) is 2. The summed E-state index contributed by atoms with van der Waals surface area (Å²) in [6, 6.07) is 16.3. The number of fused-ring (bicyclic) bond motifs is 6. The van der Waals surface area contributed by atoms with Crippen LogP contribution < -0.4 is 5.32 Å². The van der Waals surface area contributed by atoms with E-state index in [2.05, 4.69) is 39.5 Å². The Hall–Kier alpha value is -2.59. The number of aromatic amines is 1. The third-order valence-electron chi connectivity index (χ3n) is 5.34. The molecule has 2 aliphatic rings. The highest BCUT2D eigenvalue weighted by Crippen LogP contribution is 2.48. The number of H-pyrrole nitrogens is 1. The Labute approximate surface area is 134 Å². The zero-order valence-corrected chi connectivity index (χ0v) is 12.9. The lowest BCUT2D eigenvalue weighted by Crippen LogP contribution is -2.53. The van der Waals surface area contributed by atoms with Crippen LogP contribution in [0.1, 0.15) is 16.8 Å². The van der Waals surface area contributed by atoms with E-state index >= 15 is 0 Å². The molecule has 2 N–H and O–H groups in total. The number of amides is 1. The molecule has 1 unspecified atom stereocenters. The molecule has 0 aliphatic carbocycles. The van der Waals surface area contributed by atoms with Gasteiger partial charge >= 0.3 is 0 Å². The highest BCUT2D eigenvalue weighted by Gasteiger charge is 2.55. The van der Waals surface area contributed by atoms with Crippen LogP contribution >= 0.6 is 0 Å². The number of benzene rings is 2. The summed E-state index contributed by atoms with van der Waals surface area (Å²) in [4.78, 5) is 18.8. The van der Waals surface area contributed by atoms with E-state index in [1.165, 1.54) is 10.9 Å². The molecule has 0 radical (unpaired) electrons. The number of rotatable bonds is 0. The fourth-order valence-corrected chi connectivity index (χ4v) is 4.28. The van der Waals surface area contributed by atoms with Crippen LogP contribution in [0.25, 0.3) is 10.9 Å². The molecule has 0 fully saturated rings. The van der Waals surface area contributed by atoms with Crippen LogP contribution in [0.4, 0.5) is 5.69 Å². The van der Waals surface area contributed by atoms with E-state index in [0.29, 0.717) is 0 Å². The van der Waals surface area contributed by atoms with Crippen molar-refractivity contribution in [2.24, 2.45) is 0 Å². The van der Waals surface area contributed by atoms with Crippen LogP contribution in [0.5, 0.6) is 0 Å². The van der Waals surface area contributed by atoms with E-state index in [1.807, 2.05) is 31.3 Å². The number of nitrogens with one attached hydrogen (secondary N) is 2. The van der Waals surface area contributed by atoms with Crippen LogP contribution in [0.3, 0.4) is 0 Å². The molecule has 23 heavy (non-hydrogen) atoms. The highest BCUT2D eigenvalue weighted by atomic mass is 16.2. The van der Waals surface area contributed by atoms with Crippen molar-refractivity contribution in [1.82, 2.24) is 9.88 Å². The summed E-state index contributed by atoms with van der Waals surface area (Å²) >= 11 is 0. The predicted molar refractivity (Wildman–Crippen MR) is 90.5 cm³/mol. The summed E-state index contributed by atoms with van der Waals surface area (Å²) in [5.41, 5.74) is 4.60. The molecular formula is C19H17N3O. The quantitative estimate of drug-likeness (QED) is 0.671. The van der Waals surface area contributed by atoms with Gasteiger partial charge in [-0.25, -0.2) is 0 Å². The molecule has 2 aromatic carbocycles. The highest BCUT2D eigenvalue weighted by molar-refractivity contribution is 6.09. The van der Waals surface area contributed by atoms with Gasteiger partial charge in [-0.2, -0.15) is 0 Å². The first-order valence-electron chi connectivity index (χ1n) is 7.95. The summed E-state index contributed by atoms with van der Waals surface area (Å²) in [7, 11) is 2.04. The van der Waals surface area contributed by atoms with E-state index in [0.717, 1.165) is 35.4 Å². The molecule has 0 bridgehead atoms. The number of aromatic nitrogens is 1. The fourth-order valence-electron chi connectivity index (χ4n) is 4.28. The number of anilines is 1. The van der Waals surface area contributed by atoms with Gasteiger partial charge in [-0.1, -0.05) is 36.4 Å². The van der Waals surface area contributed by atoms with Crippen molar-refractivity contribution < 1.29 is 4.79 Å². The van der Waals surface area contributed by atoms with Gasteiger partial charge in [-0.15, -0.1) is 0 Å². The van der Waals surface area contributed by atoms with Gasteiger partial charge in [0.25, 0.3) is 5.91 Å². The Kier molecular flexibility index (Phi) is 2.38. The fraction of sp³-hybridized carbons (Fsp3) is 0.211. The molecule has 5 rings (SSSR count). The number of nitrogens with zero attached hydrogens (tertiary/aromatic N) is 1. The van der Waals surface area contributed by atoms with Crippen LogP contribution in [0.2, 0.25) is 0 Å². The summed E-state index contributed by atoms with van der Waals surface area (Å²) in [6.45, 7) is 0.858. The summed E-state index contributed by atoms with van der Waals surface area (Å²) in [5, 5.41) is 4.30. The maximum Gasteiger partial charge on any atom is 0.255 e. The molecule has 1 aromatic heterocycles. The second-order valence-electron chi connectivity index (χ2n) is 6.41. The van der Waals surface area contributed by atoms with Gasteiger partial charge in [0.1, 0.15) is 0 Å². The number of hydrogen-bond acceptors (Lipinski definition) is 2. The number of carbonyl (C=O) groups excluding carboxylic acids is 1. The second-order valence-corrected chi connectivity index (χ2v) is 6.41. The van der Waals surface area contributed by atoms with Gasteiger partial charge in [0.15, 0.2) is 5.54 Å². The van der Waals surface area contributed by atoms with Gasteiger partial charge in [0, 0.05) is 28.7 Å². The van der Waals surface area contributed by atoms with Crippen LogP contribution in [0, 0.1) is 0 Å². The van der Waals surface area contributed by atoms with Crippen molar-refractivity contribution in [2.45, 2.75) is 12.0 Å². The van der Waals surface area contributed by atoms with E-state index in [1.54, 1.807) is 0 Å². The Morgan fingerprint density at radius 1 is 1.09 bits per heavy atom. The minimum Gasteiger partial charge on any atom is -0.356 e. The average molecular weight is 303 g/mol. The normalized spacial score (nSPS) is 23.1. The minimum atomic E-state index is -0.747. The first-order valence-corrected chi connectivity index (χ1v) is 7.95. The van der Waals surface area contributed by atoms with Gasteiger partial charge in [-0.05, 0) is 31.2 Å². The molecule has 3 aromatic rings.